The van der Waals surface area contributed by atoms with Crippen molar-refractivity contribution in [3.63, 3.8) is 0 Å². The molecule has 0 atom stereocenters. The van der Waals surface area contributed by atoms with Crippen LogP contribution in [0.5, 0.6) is 11.5 Å². The zero-order valence-corrected chi connectivity index (χ0v) is 19.6. The highest BCUT2D eigenvalue weighted by molar-refractivity contribution is 6.31. The SMILES string of the molecule is COc1ccc(-c2nnc3c4ccc(Cl)cc4nc(N4CCc5ccccc5C4)n23)cc1OC. The van der Waals surface area contributed by atoms with Gasteiger partial charge in [0.25, 0.3) is 0 Å². The Morgan fingerprint density at radius 2 is 1.71 bits per heavy atom. The third-order valence-electron chi connectivity index (χ3n) is 6.34. The third kappa shape index (κ3) is 3.31. The lowest BCUT2D eigenvalue weighted by atomic mass is 10.0. The molecule has 2 aromatic heterocycles. The average Bonchev–Trinajstić information content (AvgIpc) is 3.32. The van der Waals surface area contributed by atoms with Gasteiger partial charge in [0.1, 0.15) is 0 Å². The Bertz CT molecular complexity index is 1550. The maximum atomic E-state index is 6.32. The number of benzene rings is 3. The minimum Gasteiger partial charge on any atom is -0.493 e. The van der Waals surface area contributed by atoms with Crippen molar-refractivity contribution in [3.8, 4) is 22.9 Å². The fraction of sp³-hybridized carbons (Fsp3) is 0.192. The van der Waals surface area contributed by atoms with E-state index in [4.69, 9.17) is 26.1 Å². The summed E-state index contributed by atoms with van der Waals surface area (Å²) in [6.45, 7) is 1.60. The van der Waals surface area contributed by atoms with E-state index in [1.54, 1.807) is 14.2 Å². The molecule has 34 heavy (non-hydrogen) atoms. The van der Waals surface area contributed by atoms with Crippen LogP contribution in [0, 0.1) is 0 Å². The number of anilines is 1. The van der Waals surface area contributed by atoms with Crippen molar-refractivity contribution < 1.29 is 9.47 Å². The van der Waals surface area contributed by atoms with E-state index in [1.807, 2.05) is 40.8 Å². The lowest BCUT2D eigenvalue weighted by Crippen LogP contribution is -2.32. The standard InChI is InChI=1S/C26H22ClN5O2/c1-33-22-10-7-17(13-23(22)34-2)24-29-30-25-20-9-8-19(27)14-21(20)28-26(32(24)25)31-12-11-16-5-3-4-6-18(16)15-31/h3-10,13-14H,11-12,15H2,1-2H3. The summed E-state index contributed by atoms with van der Waals surface area (Å²) < 4.78 is 13.0. The molecule has 5 aromatic rings. The summed E-state index contributed by atoms with van der Waals surface area (Å²) in [6.07, 6.45) is 0.945. The quantitative estimate of drug-likeness (QED) is 0.360. The fourth-order valence-electron chi connectivity index (χ4n) is 4.63. The molecule has 0 N–H and O–H groups in total. The Labute approximate surface area is 201 Å². The minimum absolute atomic E-state index is 0.630. The van der Waals surface area contributed by atoms with Gasteiger partial charge in [-0.2, -0.15) is 0 Å². The van der Waals surface area contributed by atoms with Gasteiger partial charge in [-0.05, 0) is 53.9 Å². The first-order chi connectivity index (χ1) is 16.7. The van der Waals surface area contributed by atoms with Crippen LogP contribution in [-0.4, -0.2) is 40.3 Å². The topological polar surface area (TPSA) is 64.8 Å². The molecule has 3 aromatic carbocycles. The van der Waals surface area contributed by atoms with Gasteiger partial charge in [-0.3, -0.25) is 0 Å². The van der Waals surface area contributed by atoms with E-state index in [0.717, 1.165) is 47.6 Å². The molecule has 7 nitrogen and oxygen atoms in total. The van der Waals surface area contributed by atoms with Crippen molar-refractivity contribution in [2.45, 2.75) is 13.0 Å². The number of nitrogens with zero attached hydrogens (tertiary/aromatic N) is 5. The molecule has 0 saturated carbocycles. The number of rotatable bonds is 4. The highest BCUT2D eigenvalue weighted by Gasteiger charge is 2.24. The van der Waals surface area contributed by atoms with Gasteiger partial charge >= 0.3 is 0 Å². The van der Waals surface area contributed by atoms with Crippen molar-refractivity contribution in [2.75, 3.05) is 25.7 Å². The van der Waals surface area contributed by atoms with Crippen molar-refractivity contribution >= 4 is 34.1 Å². The lowest BCUT2D eigenvalue weighted by Gasteiger charge is -2.30. The monoisotopic (exact) mass is 471 g/mol. The van der Waals surface area contributed by atoms with Crippen LogP contribution in [0.2, 0.25) is 5.02 Å². The molecule has 0 aliphatic carbocycles. The zero-order chi connectivity index (χ0) is 23.2. The first-order valence-electron chi connectivity index (χ1n) is 11.0. The average molecular weight is 472 g/mol. The maximum Gasteiger partial charge on any atom is 0.214 e. The lowest BCUT2D eigenvalue weighted by molar-refractivity contribution is 0.355. The van der Waals surface area contributed by atoms with Gasteiger partial charge in [-0.15, -0.1) is 10.2 Å². The Balaban J connectivity index is 1.59. The third-order valence-corrected chi connectivity index (χ3v) is 6.57. The predicted octanol–water partition coefficient (Wildman–Crippen LogP) is 5.18. The predicted molar refractivity (Wildman–Crippen MR) is 133 cm³/mol. The second-order valence-electron chi connectivity index (χ2n) is 8.27. The Morgan fingerprint density at radius 3 is 2.53 bits per heavy atom. The molecular formula is C26H22ClN5O2. The molecule has 0 spiro atoms. The van der Waals surface area contributed by atoms with Gasteiger partial charge in [0.05, 0.1) is 19.7 Å². The molecule has 0 radical (unpaired) electrons. The van der Waals surface area contributed by atoms with Crippen LogP contribution < -0.4 is 14.4 Å². The van der Waals surface area contributed by atoms with E-state index in [1.165, 1.54) is 11.1 Å². The summed E-state index contributed by atoms with van der Waals surface area (Å²) in [6, 6.07) is 20.0. The van der Waals surface area contributed by atoms with Crippen LogP contribution in [0.4, 0.5) is 5.95 Å². The summed E-state index contributed by atoms with van der Waals surface area (Å²) in [5.74, 6) is 2.76. The molecule has 1 aliphatic rings. The van der Waals surface area contributed by atoms with E-state index >= 15 is 0 Å². The molecule has 0 unspecified atom stereocenters. The highest BCUT2D eigenvalue weighted by Crippen LogP contribution is 2.35. The maximum absolute atomic E-state index is 6.32. The molecule has 3 heterocycles. The Kier molecular flexibility index (Phi) is 4.99. The number of hydrogen-bond donors (Lipinski definition) is 0. The molecule has 0 saturated heterocycles. The van der Waals surface area contributed by atoms with Gasteiger partial charge in [-0.25, -0.2) is 9.38 Å². The summed E-state index contributed by atoms with van der Waals surface area (Å²) in [4.78, 5) is 7.35. The first kappa shape index (κ1) is 20.7. The van der Waals surface area contributed by atoms with Crippen LogP contribution in [-0.2, 0) is 13.0 Å². The number of fused-ring (bicyclic) bond motifs is 4. The number of aromatic nitrogens is 4. The normalized spacial score (nSPS) is 13.3. The van der Waals surface area contributed by atoms with Crippen molar-refractivity contribution in [2.24, 2.45) is 0 Å². The molecule has 8 heteroatoms. The van der Waals surface area contributed by atoms with Crippen LogP contribution in [0.15, 0.2) is 60.7 Å². The van der Waals surface area contributed by atoms with Crippen LogP contribution in [0.3, 0.4) is 0 Å². The summed E-state index contributed by atoms with van der Waals surface area (Å²) >= 11 is 6.32. The van der Waals surface area contributed by atoms with E-state index < -0.39 is 0 Å². The van der Waals surface area contributed by atoms with Crippen LogP contribution in [0.25, 0.3) is 27.9 Å². The first-order valence-corrected chi connectivity index (χ1v) is 11.4. The number of ether oxygens (including phenoxy) is 2. The highest BCUT2D eigenvalue weighted by atomic mass is 35.5. The van der Waals surface area contributed by atoms with Gasteiger partial charge in [-0.1, -0.05) is 35.9 Å². The fourth-order valence-corrected chi connectivity index (χ4v) is 4.80. The molecule has 1 aliphatic heterocycles. The molecular weight excluding hydrogens is 450 g/mol. The largest absolute Gasteiger partial charge is 0.493 e. The van der Waals surface area contributed by atoms with Gasteiger partial charge < -0.3 is 14.4 Å². The van der Waals surface area contributed by atoms with E-state index in [0.29, 0.717) is 22.3 Å². The summed E-state index contributed by atoms with van der Waals surface area (Å²) in [5.41, 5.74) is 5.07. The number of halogens is 1. The molecule has 6 rings (SSSR count). The van der Waals surface area contributed by atoms with Gasteiger partial charge in [0.15, 0.2) is 23.0 Å². The smallest absolute Gasteiger partial charge is 0.214 e. The van der Waals surface area contributed by atoms with Crippen LogP contribution in [0.1, 0.15) is 11.1 Å². The molecule has 0 fully saturated rings. The van der Waals surface area contributed by atoms with Crippen molar-refractivity contribution in [1.82, 2.24) is 19.6 Å². The van der Waals surface area contributed by atoms with E-state index in [2.05, 4.69) is 39.4 Å². The molecule has 0 bridgehead atoms. The second kappa shape index (κ2) is 8.18. The molecule has 170 valence electrons. The number of hydrogen-bond acceptors (Lipinski definition) is 6. The van der Waals surface area contributed by atoms with Crippen molar-refractivity contribution in [1.29, 1.82) is 0 Å². The minimum atomic E-state index is 0.630. The van der Waals surface area contributed by atoms with E-state index in [9.17, 15) is 0 Å². The van der Waals surface area contributed by atoms with Gasteiger partial charge in [0, 0.05) is 29.1 Å². The zero-order valence-electron chi connectivity index (χ0n) is 18.8. The summed E-state index contributed by atoms with van der Waals surface area (Å²) in [5, 5.41) is 10.7. The Morgan fingerprint density at radius 1 is 0.882 bits per heavy atom. The van der Waals surface area contributed by atoms with Crippen molar-refractivity contribution in [3.05, 3.63) is 76.8 Å². The van der Waals surface area contributed by atoms with E-state index in [-0.39, 0.29) is 0 Å². The second-order valence-corrected chi connectivity index (χ2v) is 8.70. The van der Waals surface area contributed by atoms with Crippen LogP contribution >= 0.6 is 11.6 Å². The molecule has 0 amide bonds. The summed E-state index contributed by atoms with van der Waals surface area (Å²) in [7, 11) is 3.25. The number of methoxy groups -OCH3 is 2. The Hall–Kier alpha value is -3.84. The van der Waals surface area contributed by atoms with Gasteiger partial charge in [0.2, 0.25) is 5.95 Å².